The van der Waals surface area contributed by atoms with E-state index >= 15 is 0 Å². The number of aliphatic hydroxyl groups excluding tert-OH is 1. The van der Waals surface area contributed by atoms with Gasteiger partial charge in [0.25, 0.3) is 0 Å². The highest BCUT2D eigenvalue weighted by molar-refractivity contribution is 7.22. The van der Waals surface area contributed by atoms with E-state index in [1.54, 1.807) is 6.07 Å². The van der Waals surface area contributed by atoms with Crippen molar-refractivity contribution >= 4 is 32.6 Å². The number of benzene rings is 1. The van der Waals surface area contributed by atoms with Crippen molar-refractivity contribution in [1.29, 1.82) is 0 Å². The lowest BCUT2D eigenvalue weighted by atomic mass is 10.00. The molecule has 0 bridgehead atoms. The number of fused-ring (bicyclic) bond motifs is 1. The molecule has 5 nitrogen and oxygen atoms in total. The number of thiazole rings is 1. The first-order valence-corrected chi connectivity index (χ1v) is 8.68. The average molecular weight is 337 g/mol. The smallest absolute Gasteiger partial charge is 0.240 e. The Labute approximate surface area is 138 Å². The highest BCUT2D eigenvalue weighted by atomic mass is 32.1. The van der Waals surface area contributed by atoms with E-state index in [4.69, 9.17) is 5.11 Å². The second-order valence-corrected chi connectivity index (χ2v) is 6.84. The van der Waals surface area contributed by atoms with Gasteiger partial charge >= 0.3 is 0 Å². The maximum atomic E-state index is 13.2. The Morgan fingerprint density at radius 2 is 2.35 bits per heavy atom. The summed E-state index contributed by atoms with van der Waals surface area (Å²) in [5.41, 5.74) is 0.683. The van der Waals surface area contributed by atoms with Gasteiger partial charge < -0.3 is 10.4 Å². The van der Waals surface area contributed by atoms with Crippen LogP contribution in [0.25, 0.3) is 10.2 Å². The van der Waals surface area contributed by atoms with E-state index in [-0.39, 0.29) is 24.4 Å². The molecule has 0 aliphatic carbocycles. The number of piperidine rings is 1. The van der Waals surface area contributed by atoms with Crippen LogP contribution in [0.5, 0.6) is 0 Å². The topological polar surface area (TPSA) is 65.5 Å². The Balaban J connectivity index is 1.63. The van der Waals surface area contributed by atoms with E-state index in [2.05, 4.69) is 15.2 Å². The largest absolute Gasteiger partial charge is 0.396 e. The van der Waals surface area contributed by atoms with Crippen molar-refractivity contribution in [3.8, 4) is 0 Å². The highest BCUT2D eigenvalue weighted by Crippen LogP contribution is 2.26. The number of likely N-dealkylation sites (tertiary alicyclic amines) is 1. The van der Waals surface area contributed by atoms with Gasteiger partial charge in [-0.1, -0.05) is 17.8 Å². The van der Waals surface area contributed by atoms with Crippen LogP contribution in [0, 0.1) is 5.82 Å². The fraction of sp³-hybridized carbons (Fsp3) is 0.500. The predicted octanol–water partition coefficient (Wildman–Crippen LogP) is 2.61. The molecule has 23 heavy (non-hydrogen) atoms. The van der Waals surface area contributed by atoms with Crippen molar-refractivity contribution < 1.29 is 14.3 Å². The molecule has 124 valence electrons. The zero-order valence-electron chi connectivity index (χ0n) is 12.8. The number of hydrogen-bond donors (Lipinski definition) is 2. The summed E-state index contributed by atoms with van der Waals surface area (Å²) in [6.45, 7) is 1.32. The molecule has 3 rings (SSSR count). The van der Waals surface area contributed by atoms with Crippen molar-refractivity contribution in [3.05, 3.63) is 24.0 Å². The lowest BCUT2D eigenvalue weighted by Crippen LogP contribution is -2.44. The normalized spacial score (nSPS) is 19.1. The average Bonchev–Trinajstić information content (AvgIpc) is 2.90. The molecule has 1 aliphatic rings. The number of carbonyl (C=O) groups excluding carboxylic acids is 1. The summed E-state index contributed by atoms with van der Waals surface area (Å²) in [5.74, 6) is -0.423. The van der Waals surface area contributed by atoms with Gasteiger partial charge in [0.2, 0.25) is 5.91 Å². The van der Waals surface area contributed by atoms with Crippen LogP contribution in [0.4, 0.5) is 9.52 Å². The van der Waals surface area contributed by atoms with Crippen molar-refractivity contribution in [2.24, 2.45) is 0 Å². The number of halogens is 1. The SMILES string of the molecule is O=C(CN1CCCCC1CCO)Nc1nc2ccc(F)cc2s1. The van der Waals surface area contributed by atoms with Crippen LogP contribution in [-0.4, -0.2) is 46.6 Å². The molecular formula is C16H20FN3O2S. The van der Waals surface area contributed by atoms with Crippen molar-refractivity contribution in [2.45, 2.75) is 31.7 Å². The molecule has 1 atom stereocenters. The van der Waals surface area contributed by atoms with Gasteiger partial charge in [0.15, 0.2) is 5.13 Å². The fourth-order valence-corrected chi connectivity index (χ4v) is 3.95. The summed E-state index contributed by atoms with van der Waals surface area (Å²) in [5, 5.41) is 12.4. The summed E-state index contributed by atoms with van der Waals surface area (Å²) < 4.78 is 13.9. The maximum Gasteiger partial charge on any atom is 0.240 e. The van der Waals surface area contributed by atoms with Gasteiger partial charge in [-0.25, -0.2) is 9.37 Å². The molecule has 1 aromatic carbocycles. The number of carbonyl (C=O) groups is 1. The molecule has 1 aromatic heterocycles. The minimum Gasteiger partial charge on any atom is -0.396 e. The van der Waals surface area contributed by atoms with E-state index in [0.29, 0.717) is 23.6 Å². The van der Waals surface area contributed by atoms with E-state index < -0.39 is 0 Å². The number of hydrogen-bond acceptors (Lipinski definition) is 5. The molecule has 7 heteroatoms. The monoisotopic (exact) mass is 337 g/mol. The molecule has 0 radical (unpaired) electrons. The lowest BCUT2D eigenvalue weighted by molar-refractivity contribution is -0.118. The Kier molecular flexibility index (Phi) is 5.20. The van der Waals surface area contributed by atoms with Gasteiger partial charge in [-0.05, 0) is 44.0 Å². The van der Waals surface area contributed by atoms with Gasteiger partial charge in [0.1, 0.15) is 5.82 Å². The Morgan fingerprint density at radius 1 is 1.48 bits per heavy atom. The summed E-state index contributed by atoms with van der Waals surface area (Å²) in [4.78, 5) is 18.7. The van der Waals surface area contributed by atoms with Crippen LogP contribution in [0.1, 0.15) is 25.7 Å². The quantitative estimate of drug-likeness (QED) is 0.880. The Bertz CT molecular complexity index is 689. The van der Waals surface area contributed by atoms with Gasteiger partial charge in [0, 0.05) is 12.6 Å². The first kappa shape index (κ1) is 16.3. The molecule has 0 saturated carbocycles. The molecular weight excluding hydrogens is 317 g/mol. The number of aromatic nitrogens is 1. The minimum absolute atomic E-state index is 0.116. The molecule has 2 heterocycles. The van der Waals surface area contributed by atoms with Crippen LogP contribution in [0.15, 0.2) is 18.2 Å². The minimum atomic E-state index is -0.306. The van der Waals surface area contributed by atoms with Crippen molar-refractivity contribution in [1.82, 2.24) is 9.88 Å². The van der Waals surface area contributed by atoms with Crippen LogP contribution >= 0.6 is 11.3 Å². The number of amides is 1. The zero-order chi connectivity index (χ0) is 16.2. The summed E-state index contributed by atoms with van der Waals surface area (Å²) in [6.07, 6.45) is 3.95. The third-order valence-electron chi connectivity index (χ3n) is 4.15. The molecule has 1 aliphatic heterocycles. The first-order chi connectivity index (χ1) is 11.2. The molecule has 2 N–H and O–H groups in total. The molecule has 1 unspecified atom stereocenters. The highest BCUT2D eigenvalue weighted by Gasteiger charge is 2.24. The van der Waals surface area contributed by atoms with Gasteiger partial charge in [-0.3, -0.25) is 9.69 Å². The predicted molar refractivity (Wildman–Crippen MR) is 89.1 cm³/mol. The van der Waals surface area contributed by atoms with Gasteiger partial charge in [-0.2, -0.15) is 0 Å². The summed E-state index contributed by atoms with van der Waals surface area (Å²) in [7, 11) is 0. The number of anilines is 1. The van der Waals surface area contributed by atoms with Gasteiger partial charge in [-0.15, -0.1) is 0 Å². The van der Waals surface area contributed by atoms with Crippen molar-refractivity contribution in [3.63, 3.8) is 0 Å². The van der Waals surface area contributed by atoms with E-state index in [1.165, 1.54) is 23.5 Å². The zero-order valence-corrected chi connectivity index (χ0v) is 13.6. The number of nitrogens with one attached hydrogen (secondary N) is 1. The van der Waals surface area contributed by atoms with E-state index in [9.17, 15) is 9.18 Å². The molecule has 1 saturated heterocycles. The molecule has 2 aromatic rings. The summed E-state index contributed by atoms with van der Waals surface area (Å²) in [6, 6.07) is 4.66. The second-order valence-electron chi connectivity index (χ2n) is 5.81. The number of aliphatic hydroxyl groups is 1. The third kappa shape index (κ3) is 4.04. The summed E-state index contributed by atoms with van der Waals surface area (Å²) >= 11 is 1.27. The van der Waals surface area contributed by atoms with Crippen LogP contribution < -0.4 is 5.32 Å². The molecule has 1 fully saturated rings. The standard InChI is InChI=1S/C16H20FN3O2S/c17-11-4-5-13-14(9-11)23-16(18-13)19-15(22)10-20-7-2-1-3-12(20)6-8-21/h4-5,9,12,21H,1-3,6-8,10H2,(H,18,19,22). The van der Waals surface area contributed by atoms with Gasteiger partial charge in [0.05, 0.1) is 16.8 Å². The molecule has 1 amide bonds. The lowest BCUT2D eigenvalue weighted by Gasteiger charge is -2.34. The number of rotatable bonds is 5. The third-order valence-corrected chi connectivity index (χ3v) is 5.09. The van der Waals surface area contributed by atoms with Crippen LogP contribution in [-0.2, 0) is 4.79 Å². The van der Waals surface area contributed by atoms with E-state index in [0.717, 1.165) is 30.5 Å². The van der Waals surface area contributed by atoms with Crippen molar-refractivity contribution in [2.75, 3.05) is 25.0 Å². The Morgan fingerprint density at radius 3 is 3.17 bits per heavy atom. The van der Waals surface area contributed by atoms with Crippen LogP contribution in [0.2, 0.25) is 0 Å². The first-order valence-electron chi connectivity index (χ1n) is 7.86. The fourth-order valence-electron chi connectivity index (χ4n) is 3.04. The molecule has 0 spiro atoms. The number of nitrogens with zero attached hydrogens (tertiary/aromatic N) is 2. The maximum absolute atomic E-state index is 13.2. The Hall–Kier alpha value is -1.57. The van der Waals surface area contributed by atoms with Crippen LogP contribution in [0.3, 0.4) is 0 Å². The van der Waals surface area contributed by atoms with E-state index in [1.807, 2.05) is 0 Å². The second kappa shape index (κ2) is 7.33.